The average Bonchev–Trinajstić information content (AvgIpc) is 3.37. The third-order valence-electron chi connectivity index (χ3n) is 5.29. The van der Waals surface area contributed by atoms with Gasteiger partial charge in [0, 0.05) is 13.2 Å². The highest BCUT2D eigenvalue weighted by Crippen LogP contribution is 2.40. The van der Waals surface area contributed by atoms with Crippen molar-refractivity contribution in [2.75, 3.05) is 13.2 Å². The number of ether oxygens (including phenoxy) is 1. The Bertz CT molecular complexity index is 439. The van der Waals surface area contributed by atoms with E-state index in [9.17, 15) is 9.59 Å². The Labute approximate surface area is 125 Å². The number of nitrogens with one attached hydrogen (secondary N) is 1. The Morgan fingerprint density at radius 1 is 1.05 bits per heavy atom. The molecule has 5 nitrogen and oxygen atoms in total. The van der Waals surface area contributed by atoms with Gasteiger partial charge in [-0.25, -0.2) is 0 Å². The highest BCUT2D eigenvalue weighted by Gasteiger charge is 2.51. The Balaban J connectivity index is 1.52. The molecule has 2 amide bonds. The molecule has 4 fully saturated rings. The molecule has 2 aliphatic heterocycles. The molecule has 4 rings (SSSR count). The second kappa shape index (κ2) is 5.27. The van der Waals surface area contributed by atoms with Crippen molar-refractivity contribution < 1.29 is 14.3 Å². The average molecular weight is 292 g/mol. The van der Waals surface area contributed by atoms with Gasteiger partial charge in [-0.3, -0.25) is 9.59 Å². The van der Waals surface area contributed by atoms with Crippen molar-refractivity contribution in [3.05, 3.63) is 0 Å². The van der Waals surface area contributed by atoms with Gasteiger partial charge in [0.2, 0.25) is 11.8 Å². The lowest BCUT2D eigenvalue weighted by Gasteiger charge is -2.41. The summed E-state index contributed by atoms with van der Waals surface area (Å²) < 4.78 is 5.80. The van der Waals surface area contributed by atoms with E-state index in [4.69, 9.17) is 4.74 Å². The molecule has 1 N–H and O–H groups in total. The van der Waals surface area contributed by atoms with Crippen LogP contribution < -0.4 is 5.32 Å². The lowest BCUT2D eigenvalue weighted by molar-refractivity contribution is -0.153. The van der Waals surface area contributed by atoms with Crippen LogP contribution in [0.2, 0.25) is 0 Å². The standard InChI is InChI=1S/C16H24N2O3/c19-15-14(11-6-7-11)18(9-12-3-1-2-8-21-12)16(20)13(17-15)10-4-5-10/h10-14H,1-9H2,(H,17,19). The fourth-order valence-corrected chi connectivity index (χ4v) is 3.76. The number of hydrogen-bond donors (Lipinski definition) is 1. The zero-order valence-electron chi connectivity index (χ0n) is 12.4. The van der Waals surface area contributed by atoms with Gasteiger partial charge in [-0.1, -0.05) is 0 Å². The van der Waals surface area contributed by atoms with Gasteiger partial charge in [0.05, 0.1) is 6.10 Å². The summed E-state index contributed by atoms with van der Waals surface area (Å²) in [6, 6.07) is -0.505. The van der Waals surface area contributed by atoms with Crippen LogP contribution in [0, 0.1) is 11.8 Å². The Morgan fingerprint density at radius 2 is 1.81 bits per heavy atom. The van der Waals surface area contributed by atoms with Crippen LogP contribution >= 0.6 is 0 Å². The molecule has 2 saturated heterocycles. The summed E-state index contributed by atoms with van der Waals surface area (Å²) in [6.07, 6.45) is 7.69. The largest absolute Gasteiger partial charge is 0.376 e. The molecule has 0 radical (unpaired) electrons. The number of amides is 2. The molecule has 0 bridgehead atoms. The summed E-state index contributed by atoms with van der Waals surface area (Å²) in [7, 11) is 0. The first-order valence-electron chi connectivity index (χ1n) is 8.46. The quantitative estimate of drug-likeness (QED) is 0.843. The van der Waals surface area contributed by atoms with Crippen LogP contribution in [-0.2, 0) is 14.3 Å². The lowest BCUT2D eigenvalue weighted by atomic mass is 9.98. The highest BCUT2D eigenvalue weighted by atomic mass is 16.5. The summed E-state index contributed by atoms with van der Waals surface area (Å²) >= 11 is 0. The van der Waals surface area contributed by atoms with Crippen molar-refractivity contribution in [2.24, 2.45) is 11.8 Å². The number of rotatable bonds is 4. The summed E-state index contributed by atoms with van der Waals surface area (Å²) in [5.74, 6) is 0.960. The van der Waals surface area contributed by atoms with Crippen molar-refractivity contribution >= 4 is 11.8 Å². The Morgan fingerprint density at radius 3 is 2.43 bits per heavy atom. The molecule has 3 atom stereocenters. The number of carbonyl (C=O) groups is 2. The van der Waals surface area contributed by atoms with E-state index in [1.807, 2.05) is 4.90 Å². The van der Waals surface area contributed by atoms with Gasteiger partial charge in [-0.15, -0.1) is 0 Å². The second-order valence-corrected chi connectivity index (χ2v) is 7.09. The number of nitrogens with zero attached hydrogens (tertiary/aromatic N) is 1. The minimum atomic E-state index is -0.268. The molecule has 0 aromatic heterocycles. The van der Waals surface area contributed by atoms with Crippen molar-refractivity contribution in [2.45, 2.75) is 63.1 Å². The van der Waals surface area contributed by atoms with E-state index < -0.39 is 0 Å². The third kappa shape index (κ3) is 2.68. The number of carbonyl (C=O) groups excluding carboxylic acids is 2. The molecular weight excluding hydrogens is 268 g/mol. The SMILES string of the molecule is O=C1NC(C2CC2)C(=O)N(CC2CCCCO2)C1C1CC1. The molecule has 2 aliphatic carbocycles. The first-order chi connectivity index (χ1) is 10.2. The minimum Gasteiger partial charge on any atom is -0.376 e. The topological polar surface area (TPSA) is 58.6 Å². The first-order valence-corrected chi connectivity index (χ1v) is 8.46. The molecule has 4 aliphatic rings. The lowest BCUT2D eigenvalue weighted by Crippen LogP contribution is -2.65. The Kier molecular flexibility index (Phi) is 3.40. The maximum atomic E-state index is 12.8. The van der Waals surface area contributed by atoms with Crippen LogP contribution in [0.25, 0.3) is 0 Å². The molecule has 21 heavy (non-hydrogen) atoms. The van der Waals surface area contributed by atoms with Gasteiger partial charge in [0.15, 0.2) is 0 Å². The van der Waals surface area contributed by atoms with Crippen molar-refractivity contribution in [1.82, 2.24) is 10.2 Å². The van der Waals surface area contributed by atoms with Crippen LogP contribution in [-0.4, -0.2) is 48.1 Å². The van der Waals surface area contributed by atoms with E-state index in [0.717, 1.165) is 45.1 Å². The molecule has 0 aromatic carbocycles. The fraction of sp³-hybridized carbons (Fsp3) is 0.875. The summed E-state index contributed by atoms with van der Waals surface area (Å²) in [5, 5.41) is 3.00. The summed E-state index contributed by atoms with van der Waals surface area (Å²) in [6.45, 7) is 1.40. The van der Waals surface area contributed by atoms with Crippen molar-refractivity contribution in [1.29, 1.82) is 0 Å². The minimum absolute atomic E-state index is 0.0739. The third-order valence-corrected chi connectivity index (χ3v) is 5.29. The Hall–Kier alpha value is -1.10. The normalized spacial score (nSPS) is 37.5. The van der Waals surface area contributed by atoms with E-state index in [1.165, 1.54) is 6.42 Å². The monoisotopic (exact) mass is 292 g/mol. The van der Waals surface area contributed by atoms with Gasteiger partial charge in [-0.05, 0) is 56.8 Å². The van der Waals surface area contributed by atoms with Crippen LogP contribution in [0.5, 0.6) is 0 Å². The summed E-state index contributed by atoms with van der Waals surface area (Å²) in [5.41, 5.74) is 0. The zero-order valence-corrected chi connectivity index (χ0v) is 12.4. The van der Waals surface area contributed by atoms with Crippen LogP contribution in [0.1, 0.15) is 44.9 Å². The molecule has 2 heterocycles. The highest BCUT2D eigenvalue weighted by molar-refractivity contribution is 5.97. The molecule has 3 unspecified atom stereocenters. The predicted molar refractivity (Wildman–Crippen MR) is 76.5 cm³/mol. The van der Waals surface area contributed by atoms with E-state index in [-0.39, 0.29) is 30.0 Å². The second-order valence-electron chi connectivity index (χ2n) is 7.09. The van der Waals surface area contributed by atoms with Crippen molar-refractivity contribution in [3.8, 4) is 0 Å². The van der Waals surface area contributed by atoms with Gasteiger partial charge < -0.3 is 15.0 Å². The van der Waals surface area contributed by atoms with Crippen molar-refractivity contribution in [3.63, 3.8) is 0 Å². The molecule has 0 aromatic rings. The van der Waals surface area contributed by atoms with E-state index >= 15 is 0 Å². The zero-order chi connectivity index (χ0) is 14.4. The van der Waals surface area contributed by atoms with Gasteiger partial charge in [0.1, 0.15) is 12.1 Å². The first kappa shape index (κ1) is 13.6. The van der Waals surface area contributed by atoms with E-state index in [0.29, 0.717) is 18.4 Å². The van der Waals surface area contributed by atoms with E-state index in [1.54, 1.807) is 0 Å². The number of piperazine rings is 1. The van der Waals surface area contributed by atoms with E-state index in [2.05, 4.69) is 5.32 Å². The maximum Gasteiger partial charge on any atom is 0.246 e. The number of hydrogen-bond acceptors (Lipinski definition) is 3. The molecule has 2 saturated carbocycles. The van der Waals surface area contributed by atoms with Crippen LogP contribution in [0.3, 0.4) is 0 Å². The van der Waals surface area contributed by atoms with Crippen LogP contribution in [0.15, 0.2) is 0 Å². The predicted octanol–water partition coefficient (Wildman–Crippen LogP) is 1.07. The molecule has 116 valence electrons. The molecule has 5 heteroatoms. The smallest absolute Gasteiger partial charge is 0.246 e. The summed E-state index contributed by atoms with van der Waals surface area (Å²) in [4.78, 5) is 27.2. The molecular formula is C16H24N2O3. The molecule has 0 spiro atoms. The van der Waals surface area contributed by atoms with Gasteiger partial charge in [-0.2, -0.15) is 0 Å². The van der Waals surface area contributed by atoms with Gasteiger partial charge >= 0.3 is 0 Å². The fourth-order valence-electron chi connectivity index (χ4n) is 3.76. The van der Waals surface area contributed by atoms with Gasteiger partial charge in [0.25, 0.3) is 0 Å². The van der Waals surface area contributed by atoms with Crippen LogP contribution in [0.4, 0.5) is 0 Å². The maximum absolute atomic E-state index is 12.8.